The number of esters is 1. The van der Waals surface area contributed by atoms with Gasteiger partial charge in [0, 0.05) is 28.8 Å². The average Bonchev–Trinajstić information content (AvgIpc) is 3.43. The van der Waals surface area contributed by atoms with Crippen LogP contribution in [0.25, 0.3) is 6.08 Å². The van der Waals surface area contributed by atoms with Crippen molar-refractivity contribution in [2.45, 2.75) is 46.1 Å². The van der Waals surface area contributed by atoms with Crippen LogP contribution >= 0.6 is 22.9 Å². The van der Waals surface area contributed by atoms with E-state index in [1.54, 1.807) is 18.3 Å². The lowest BCUT2D eigenvalue weighted by atomic mass is 10.1. The van der Waals surface area contributed by atoms with E-state index in [0.717, 1.165) is 53.4 Å². The van der Waals surface area contributed by atoms with Crippen molar-refractivity contribution in [2.24, 2.45) is 0 Å². The van der Waals surface area contributed by atoms with Gasteiger partial charge in [-0.15, -0.1) is 11.3 Å². The summed E-state index contributed by atoms with van der Waals surface area (Å²) in [4.78, 5) is 17.9. The fraction of sp³-hybridized carbons (Fsp3) is 0.308. The van der Waals surface area contributed by atoms with Crippen LogP contribution in [0.4, 0.5) is 0 Å². The highest BCUT2D eigenvalue weighted by Gasteiger charge is 2.12. The van der Waals surface area contributed by atoms with Gasteiger partial charge in [-0.25, -0.2) is 9.78 Å². The molecule has 1 aromatic carbocycles. The number of carbonyl (C=O) groups excluding carboxylic acids is 1. The molecule has 0 saturated heterocycles. The van der Waals surface area contributed by atoms with Crippen molar-refractivity contribution in [3.63, 3.8) is 0 Å². The van der Waals surface area contributed by atoms with Crippen LogP contribution in [-0.2, 0) is 28.9 Å². The SMILES string of the molecule is CCCCc1ncc(/C=C(/C=C/C(=O)OCC)Cc2cccs2)n1Cc1ccccc1Cl. The molecule has 6 heteroatoms. The van der Waals surface area contributed by atoms with Crippen molar-refractivity contribution in [2.75, 3.05) is 6.61 Å². The van der Waals surface area contributed by atoms with E-state index in [1.165, 1.54) is 11.0 Å². The Kier molecular flexibility index (Phi) is 9.32. The third-order valence-electron chi connectivity index (χ3n) is 5.02. The second-order valence-corrected chi connectivity index (χ2v) is 8.88. The van der Waals surface area contributed by atoms with Crippen LogP contribution in [0.15, 0.2) is 65.7 Å². The zero-order chi connectivity index (χ0) is 22.8. The quantitative estimate of drug-likeness (QED) is 0.178. The molecule has 0 unspecified atom stereocenters. The molecule has 0 saturated carbocycles. The van der Waals surface area contributed by atoms with Gasteiger partial charge in [-0.3, -0.25) is 0 Å². The number of imidazole rings is 1. The summed E-state index contributed by atoms with van der Waals surface area (Å²) in [6.07, 6.45) is 11.2. The Morgan fingerprint density at radius 1 is 1.19 bits per heavy atom. The van der Waals surface area contributed by atoms with Crippen LogP contribution in [-0.4, -0.2) is 22.1 Å². The number of rotatable bonds is 11. The predicted octanol–water partition coefficient (Wildman–Crippen LogP) is 6.73. The number of allylic oxidation sites excluding steroid dienone is 2. The van der Waals surface area contributed by atoms with Crippen molar-refractivity contribution in [1.29, 1.82) is 0 Å². The number of carbonyl (C=O) groups is 1. The lowest BCUT2D eigenvalue weighted by Crippen LogP contribution is -2.08. The van der Waals surface area contributed by atoms with E-state index in [4.69, 9.17) is 21.3 Å². The summed E-state index contributed by atoms with van der Waals surface area (Å²) in [7, 11) is 0. The van der Waals surface area contributed by atoms with Crippen LogP contribution in [0, 0.1) is 0 Å². The molecule has 4 nitrogen and oxygen atoms in total. The molecule has 0 bridgehead atoms. The minimum absolute atomic E-state index is 0.335. The number of benzene rings is 1. The number of aryl methyl sites for hydroxylation is 1. The van der Waals surface area contributed by atoms with E-state index >= 15 is 0 Å². The Balaban J connectivity index is 1.97. The highest BCUT2D eigenvalue weighted by molar-refractivity contribution is 7.09. The molecule has 32 heavy (non-hydrogen) atoms. The van der Waals surface area contributed by atoms with E-state index in [9.17, 15) is 4.79 Å². The standard InChI is InChI=1S/C26H29ClN2O2S/c1-3-5-12-25-28-18-22(29(25)19-21-9-6-7-11-24(21)27)16-20(13-14-26(30)31-4-2)17-23-10-8-15-32-23/h6-11,13-16,18H,3-5,12,17,19H2,1-2H3/b14-13+,20-16-. The van der Waals surface area contributed by atoms with Gasteiger partial charge in [0.1, 0.15) is 5.82 Å². The third-order valence-corrected chi connectivity index (χ3v) is 6.27. The van der Waals surface area contributed by atoms with Gasteiger partial charge < -0.3 is 9.30 Å². The fourth-order valence-corrected chi connectivity index (χ4v) is 4.32. The zero-order valence-corrected chi connectivity index (χ0v) is 20.2. The molecule has 2 aromatic heterocycles. The molecule has 0 spiro atoms. The molecule has 0 atom stereocenters. The van der Waals surface area contributed by atoms with E-state index in [0.29, 0.717) is 13.2 Å². The summed E-state index contributed by atoms with van der Waals surface area (Å²) in [5.74, 6) is 0.709. The van der Waals surface area contributed by atoms with E-state index in [2.05, 4.69) is 29.0 Å². The summed E-state index contributed by atoms with van der Waals surface area (Å²) in [5, 5.41) is 2.81. The first-order valence-electron chi connectivity index (χ1n) is 11.0. The van der Waals surface area contributed by atoms with Crippen molar-refractivity contribution in [3.05, 3.63) is 92.7 Å². The smallest absolute Gasteiger partial charge is 0.330 e. The van der Waals surface area contributed by atoms with Gasteiger partial charge in [-0.1, -0.05) is 55.3 Å². The molecule has 0 N–H and O–H groups in total. The molecule has 3 aromatic rings. The van der Waals surface area contributed by atoms with Crippen molar-refractivity contribution >= 4 is 35.0 Å². The molecule has 3 rings (SSSR count). The number of unbranched alkanes of at least 4 members (excludes halogenated alkanes) is 1. The second-order valence-electron chi connectivity index (χ2n) is 7.44. The van der Waals surface area contributed by atoms with Gasteiger partial charge >= 0.3 is 5.97 Å². The van der Waals surface area contributed by atoms with Crippen LogP contribution in [0.2, 0.25) is 5.02 Å². The number of hydrogen-bond donors (Lipinski definition) is 0. The van der Waals surface area contributed by atoms with Gasteiger partial charge in [0.2, 0.25) is 0 Å². The number of nitrogens with zero attached hydrogens (tertiary/aromatic N) is 2. The van der Waals surface area contributed by atoms with Crippen LogP contribution < -0.4 is 0 Å². The largest absolute Gasteiger partial charge is 0.463 e. The highest BCUT2D eigenvalue weighted by atomic mass is 35.5. The van der Waals surface area contributed by atoms with E-state index < -0.39 is 0 Å². The summed E-state index contributed by atoms with van der Waals surface area (Å²) < 4.78 is 7.29. The number of aromatic nitrogens is 2. The third kappa shape index (κ3) is 6.94. The second kappa shape index (κ2) is 12.4. The first-order valence-corrected chi connectivity index (χ1v) is 12.2. The van der Waals surface area contributed by atoms with E-state index in [-0.39, 0.29) is 5.97 Å². The minimum Gasteiger partial charge on any atom is -0.463 e. The predicted molar refractivity (Wildman–Crippen MR) is 133 cm³/mol. The minimum atomic E-state index is -0.335. The molecule has 2 heterocycles. The monoisotopic (exact) mass is 468 g/mol. The van der Waals surface area contributed by atoms with Gasteiger partial charge in [-0.05, 0) is 48.1 Å². The Morgan fingerprint density at radius 3 is 2.75 bits per heavy atom. The Morgan fingerprint density at radius 2 is 2.03 bits per heavy atom. The van der Waals surface area contributed by atoms with Gasteiger partial charge in [0.05, 0.1) is 25.0 Å². The first kappa shape index (κ1) is 24.0. The molecule has 0 aliphatic carbocycles. The molecule has 0 aliphatic heterocycles. The van der Waals surface area contributed by atoms with Crippen LogP contribution in [0.3, 0.4) is 0 Å². The zero-order valence-electron chi connectivity index (χ0n) is 18.6. The molecule has 0 fully saturated rings. The van der Waals surface area contributed by atoms with E-state index in [1.807, 2.05) is 42.6 Å². The maximum absolute atomic E-state index is 11.9. The Bertz CT molecular complexity index is 1070. The normalized spacial score (nSPS) is 11.9. The summed E-state index contributed by atoms with van der Waals surface area (Å²) >= 11 is 8.16. The van der Waals surface area contributed by atoms with Crippen molar-refractivity contribution < 1.29 is 9.53 Å². The molecule has 0 aliphatic rings. The molecular formula is C26H29ClN2O2S. The molecule has 168 valence electrons. The topological polar surface area (TPSA) is 44.1 Å². The fourth-order valence-electron chi connectivity index (χ4n) is 3.39. The maximum Gasteiger partial charge on any atom is 0.330 e. The summed E-state index contributed by atoms with van der Waals surface area (Å²) in [6.45, 7) is 5.00. The lowest BCUT2D eigenvalue weighted by molar-refractivity contribution is -0.137. The highest BCUT2D eigenvalue weighted by Crippen LogP contribution is 2.22. The number of ether oxygens (including phenoxy) is 1. The summed E-state index contributed by atoms with van der Waals surface area (Å²) in [5.41, 5.74) is 3.07. The number of thiophene rings is 1. The van der Waals surface area contributed by atoms with Crippen LogP contribution in [0.5, 0.6) is 0 Å². The maximum atomic E-state index is 11.9. The van der Waals surface area contributed by atoms with Gasteiger partial charge in [0.15, 0.2) is 0 Å². The first-order chi connectivity index (χ1) is 15.6. The lowest BCUT2D eigenvalue weighted by Gasteiger charge is -2.12. The van der Waals surface area contributed by atoms with Crippen LogP contribution in [0.1, 0.15) is 48.6 Å². The van der Waals surface area contributed by atoms with Gasteiger partial charge in [-0.2, -0.15) is 0 Å². The molecular weight excluding hydrogens is 440 g/mol. The number of halogens is 1. The number of hydrogen-bond acceptors (Lipinski definition) is 4. The Labute approximate surface area is 199 Å². The Hall–Kier alpha value is -2.63. The van der Waals surface area contributed by atoms with Gasteiger partial charge in [0.25, 0.3) is 0 Å². The average molecular weight is 469 g/mol. The molecule has 0 radical (unpaired) electrons. The summed E-state index contributed by atoms with van der Waals surface area (Å²) in [6, 6.07) is 12.1. The molecule has 0 amide bonds. The van der Waals surface area contributed by atoms with Crippen molar-refractivity contribution in [1.82, 2.24) is 9.55 Å². The van der Waals surface area contributed by atoms with Crippen molar-refractivity contribution in [3.8, 4) is 0 Å².